The zero-order valence-electron chi connectivity index (χ0n) is 11.2. The lowest BCUT2D eigenvalue weighted by molar-refractivity contribution is -0.142. The normalized spacial score (nSPS) is 13.1. The fraction of sp³-hybridized carbons (Fsp3) is 0.538. The second-order valence-electron chi connectivity index (χ2n) is 3.69. The average molecular weight is 268 g/mol. The summed E-state index contributed by atoms with van der Waals surface area (Å²) in [7, 11) is 0. The van der Waals surface area contributed by atoms with Crippen LogP contribution in [-0.2, 0) is 9.53 Å². The van der Waals surface area contributed by atoms with Crippen LogP contribution in [0.15, 0.2) is 23.9 Å². The van der Waals surface area contributed by atoms with Gasteiger partial charge in [0.1, 0.15) is 24.4 Å². The van der Waals surface area contributed by atoms with E-state index in [2.05, 4.69) is 4.74 Å². The third-order valence-electron chi connectivity index (χ3n) is 2.33. The van der Waals surface area contributed by atoms with E-state index >= 15 is 0 Å². The molecule has 6 heteroatoms. The summed E-state index contributed by atoms with van der Waals surface area (Å²) in [5.41, 5.74) is -0.159. The van der Waals surface area contributed by atoms with Crippen LogP contribution in [0.4, 0.5) is 0 Å². The van der Waals surface area contributed by atoms with Crippen molar-refractivity contribution in [1.82, 2.24) is 4.90 Å². The molecule has 0 rings (SSSR count). The summed E-state index contributed by atoms with van der Waals surface area (Å²) in [5, 5.41) is 26.4. The molecule has 1 unspecified atom stereocenters. The van der Waals surface area contributed by atoms with Crippen LogP contribution in [-0.4, -0.2) is 53.5 Å². The Kier molecular flexibility index (Phi) is 9.14. The molecule has 0 bridgehead atoms. The SMILES string of the molecule is CCN(C=CC=C(C#N)C(=O)OCC(O)CO)CC. The Hall–Kier alpha value is -1.84. The minimum absolute atomic E-state index is 0.159. The van der Waals surface area contributed by atoms with Crippen molar-refractivity contribution in [2.24, 2.45) is 0 Å². The molecule has 0 aliphatic carbocycles. The zero-order chi connectivity index (χ0) is 14.7. The van der Waals surface area contributed by atoms with Crippen molar-refractivity contribution in [1.29, 1.82) is 5.26 Å². The summed E-state index contributed by atoms with van der Waals surface area (Å²) >= 11 is 0. The molecule has 6 nitrogen and oxygen atoms in total. The number of carbonyl (C=O) groups is 1. The van der Waals surface area contributed by atoms with E-state index in [1.807, 2.05) is 18.7 Å². The quantitative estimate of drug-likeness (QED) is 0.282. The maximum absolute atomic E-state index is 11.5. The van der Waals surface area contributed by atoms with Gasteiger partial charge in [0, 0.05) is 13.1 Å². The summed E-state index contributed by atoms with van der Waals surface area (Å²) in [5.74, 6) is -0.820. The van der Waals surface area contributed by atoms with Gasteiger partial charge >= 0.3 is 5.97 Å². The molecule has 2 N–H and O–H groups in total. The monoisotopic (exact) mass is 268 g/mol. The van der Waals surface area contributed by atoms with Crippen molar-refractivity contribution >= 4 is 5.97 Å². The molecule has 19 heavy (non-hydrogen) atoms. The minimum atomic E-state index is -1.13. The van der Waals surface area contributed by atoms with Gasteiger partial charge in [-0.3, -0.25) is 0 Å². The number of aliphatic hydroxyl groups is 2. The van der Waals surface area contributed by atoms with Crippen LogP contribution >= 0.6 is 0 Å². The van der Waals surface area contributed by atoms with E-state index < -0.39 is 18.7 Å². The molecule has 1 atom stereocenters. The van der Waals surface area contributed by atoms with Gasteiger partial charge in [-0.1, -0.05) is 0 Å². The molecule has 0 aromatic heterocycles. The molecule has 0 fully saturated rings. The van der Waals surface area contributed by atoms with Crippen molar-refractivity contribution < 1.29 is 19.7 Å². The second kappa shape index (κ2) is 10.1. The predicted octanol–water partition coefficient (Wildman–Crippen LogP) is 0.188. The van der Waals surface area contributed by atoms with Gasteiger partial charge in [-0.05, 0) is 32.2 Å². The fourth-order valence-electron chi connectivity index (χ4n) is 1.15. The number of hydrogen-bond donors (Lipinski definition) is 2. The van der Waals surface area contributed by atoms with Crippen molar-refractivity contribution in [3.63, 3.8) is 0 Å². The zero-order valence-corrected chi connectivity index (χ0v) is 11.2. The van der Waals surface area contributed by atoms with Crippen LogP contribution < -0.4 is 0 Å². The van der Waals surface area contributed by atoms with Gasteiger partial charge in [-0.15, -0.1) is 0 Å². The van der Waals surface area contributed by atoms with Gasteiger partial charge in [0.2, 0.25) is 0 Å². The molecule has 0 amide bonds. The molecule has 0 aromatic carbocycles. The van der Waals surface area contributed by atoms with Gasteiger partial charge in [0.15, 0.2) is 0 Å². The van der Waals surface area contributed by atoms with Crippen LogP contribution in [0, 0.1) is 11.3 Å². The third-order valence-corrected chi connectivity index (χ3v) is 2.33. The van der Waals surface area contributed by atoms with Crippen molar-refractivity contribution in [3.8, 4) is 6.07 Å². The third kappa shape index (κ3) is 7.24. The van der Waals surface area contributed by atoms with Gasteiger partial charge in [0.05, 0.1) is 6.61 Å². The minimum Gasteiger partial charge on any atom is -0.459 e. The molecule has 106 valence electrons. The standard InChI is InChI=1S/C13H20N2O4/c1-3-15(4-2)7-5-6-11(8-14)13(18)19-10-12(17)9-16/h5-7,12,16-17H,3-4,9-10H2,1-2H3. The van der Waals surface area contributed by atoms with Crippen molar-refractivity contribution in [3.05, 3.63) is 23.9 Å². The Labute approximate surface area is 113 Å². The summed E-state index contributed by atoms with van der Waals surface area (Å²) in [6.07, 6.45) is 3.59. The number of allylic oxidation sites excluding steroid dienone is 2. The number of carbonyl (C=O) groups excluding carboxylic acids is 1. The maximum atomic E-state index is 11.5. The Balaban J connectivity index is 4.48. The number of nitrogens with zero attached hydrogens (tertiary/aromatic N) is 2. The Morgan fingerprint density at radius 1 is 1.47 bits per heavy atom. The highest BCUT2D eigenvalue weighted by Crippen LogP contribution is 1.99. The van der Waals surface area contributed by atoms with E-state index in [-0.39, 0.29) is 12.2 Å². The summed E-state index contributed by atoms with van der Waals surface area (Å²) in [6.45, 7) is 4.81. The molecule has 0 saturated carbocycles. The summed E-state index contributed by atoms with van der Waals surface area (Å²) in [6, 6.07) is 1.73. The molecule has 0 spiro atoms. The van der Waals surface area contributed by atoms with Crippen LogP contribution in [0.5, 0.6) is 0 Å². The first-order valence-corrected chi connectivity index (χ1v) is 6.07. The van der Waals surface area contributed by atoms with Crippen LogP contribution in [0.1, 0.15) is 13.8 Å². The second-order valence-corrected chi connectivity index (χ2v) is 3.69. The van der Waals surface area contributed by atoms with Gasteiger partial charge in [-0.2, -0.15) is 5.26 Å². The Bertz CT molecular complexity index is 367. The first kappa shape index (κ1) is 17.2. The van der Waals surface area contributed by atoms with Gasteiger partial charge in [-0.25, -0.2) is 4.79 Å². The molecular weight excluding hydrogens is 248 g/mol. The number of ether oxygens (including phenoxy) is 1. The number of hydrogen-bond acceptors (Lipinski definition) is 6. The summed E-state index contributed by atoms with van der Waals surface area (Å²) in [4.78, 5) is 13.4. The van der Waals surface area contributed by atoms with Gasteiger partial charge < -0.3 is 19.8 Å². The lowest BCUT2D eigenvalue weighted by atomic mass is 10.2. The summed E-state index contributed by atoms with van der Waals surface area (Å²) < 4.78 is 4.67. The lowest BCUT2D eigenvalue weighted by Crippen LogP contribution is -2.22. The van der Waals surface area contributed by atoms with Gasteiger partial charge in [0.25, 0.3) is 0 Å². The highest BCUT2D eigenvalue weighted by Gasteiger charge is 2.12. The Morgan fingerprint density at radius 3 is 2.58 bits per heavy atom. The first-order chi connectivity index (χ1) is 9.08. The van der Waals surface area contributed by atoms with Crippen LogP contribution in [0.25, 0.3) is 0 Å². The Morgan fingerprint density at radius 2 is 2.11 bits per heavy atom. The van der Waals surface area contributed by atoms with Crippen molar-refractivity contribution in [2.75, 3.05) is 26.3 Å². The predicted molar refractivity (Wildman–Crippen MR) is 69.8 cm³/mol. The first-order valence-electron chi connectivity index (χ1n) is 6.07. The lowest BCUT2D eigenvalue weighted by Gasteiger charge is -2.13. The van der Waals surface area contributed by atoms with E-state index in [9.17, 15) is 4.79 Å². The number of rotatable bonds is 8. The topological polar surface area (TPSA) is 93.8 Å². The molecule has 0 aromatic rings. The van der Waals surface area contributed by atoms with E-state index in [1.54, 1.807) is 18.3 Å². The van der Waals surface area contributed by atoms with E-state index in [1.165, 1.54) is 6.08 Å². The molecular formula is C13H20N2O4. The smallest absolute Gasteiger partial charge is 0.348 e. The van der Waals surface area contributed by atoms with E-state index in [0.717, 1.165) is 13.1 Å². The van der Waals surface area contributed by atoms with E-state index in [0.29, 0.717) is 0 Å². The maximum Gasteiger partial charge on any atom is 0.348 e. The molecule has 0 saturated heterocycles. The molecule has 0 aliphatic rings. The van der Waals surface area contributed by atoms with Crippen molar-refractivity contribution in [2.45, 2.75) is 20.0 Å². The molecule has 0 heterocycles. The number of aliphatic hydroxyl groups excluding tert-OH is 2. The molecule has 0 radical (unpaired) electrons. The number of esters is 1. The largest absolute Gasteiger partial charge is 0.459 e. The van der Waals surface area contributed by atoms with E-state index in [4.69, 9.17) is 15.5 Å². The highest BCUT2D eigenvalue weighted by atomic mass is 16.5. The van der Waals surface area contributed by atoms with Crippen LogP contribution in [0.2, 0.25) is 0 Å². The van der Waals surface area contributed by atoms with Crippen LogP contribution in [0.3, 0.4) is 0 Å². The fourth-order valence-corrected chi connectivity index (χ4v) is 1.15. The number of nitriles is 1. The average Bonchev–Trinajstić information content (AvgIpc) is 2.44. The molecule has 0 aliphatic heterocycles. The highest BCUT2D eigenvalue weighted by molar-refractivity contribution is 5.93.